The molecule has 0 unspecified atom stereocenters. The number of primary sulfonamides is 2. The molecule has 0 fully saturated rings. The van der Waals surface area contributed by atoms with Crippen molar-refractivity contribution >= 4 is 54.8 Å². The summed E-state index contributed by atoms with van der Waals surface area (Å²) in [5, 5.41) is 16.2. The van der Waals surface area contributed by atoms with Gasteiger partial charge in [0.2, 0.25) is 31.9 Å². The maximum atomic E-state index is 12.6. The number of sulfonamides is 2. The Morgan fingerprint density at radius 1 is 0.639 bits per heavy atom. The molecular formula is C41H36ClF3N6O8S2. The van der Waals surface area contributed by atoms with Crippen molar-refractivity contribution in [3.05, 3.63) is 167 Å². The maximum absolute atomic E-state index is 12.6. The van der Waals surface area contributed by atoms with Crippen molar-refractivity contribution in [3.63, 3.8) is 0 Å². The van der Waals surface area contributed by atoms with Crippen molar-refractivity contribution < 1.29 is 49.1 Å². The fraction of sp³-hybridized carbons (Fsp3) is 0.122. The van der Waals surface area contributed by atoms with Gasteiger partial charge in [0.05, 0.1) is 24.1 Å². The molecule has 318 valence electrons. The Hall–Kier alpha value is -6.38. The molecular weight excluding hydrogens is 861 g/mol. The predicted octanol–water partition coefficient (Wildman–Crippen LogP) is 6.65. The number of hydrogen-bond acceptors (Lipinski definition) is 10. The zero-order valence-electron chi connectivity index (χ0n) is 31.7. The van der Waals surface area contributed by atoms with Gasteiger partial charge in [-0.2, -0.15) is 13.2 Å². The molecule has 0 aliphatic carbocycles. The van der Waals surface area contributed by atoms with E-state index in [1.165, 1.54) is 36.4 Å². The van der Waals surface area contributed by atoms with Gasteiger partial charge in [0.25, 0.3) is 0 Å². The standard InChI is InChI=1S/C21H18F3N3O4S.C20H18ClN3O4S/c22-21(23,24)15-6-4-14(5-7-15)11-20(28)27-16-8-9-18(19(12-16)32(25,29)30)31-13-17-3-1-2-10-26-17;21-17-4-2-1-3-15(17)11-20(25)24-16-5-6-18(19(12-16)29(22,26)27)28-13-14-7-9-23-10-8-14/h1-10,12H,11,13H2,(H,27,28)(H2,25,29,30);1-10,12H,11,13H2,(H,24,25)(H2,22,26,27). The van der Waals surface area contributed by atoms with Crippen LogP contribution in [0.3, 0.4) is 0 Å². The third-order valence-corrected chi connectivity index (χ3v) is 10.5. The normalized spacial score (nSPS) is 11.4. The quantitative estimate of drug-likeness (QED) is 0.0911. The number of anilines is 2. The molecule has 6 N–H and O–H groups in total. The van der Waals surface area contributed by atoms with Crippen molar-refractivity contribution in [2.24, 2.45) is 10.3 Å². The van der Waals surface area contributed by atoms with E-state index in [4.69, 9.17) is 31.4 Å². The van der Waals surface area contributed by atoms with Crippen LogP contribution >= 0.6 is 11.6 Å². The van der Waals surface area contributed by atoms with Gasteiger partial charge in [-0.25, -0.2) is 27.1 Å². The van der Waals surface area contributed by atoms with Crippen LogP contribution in [0.2, 0.25) is 5.02 Å². The molecule has 0 saturated heterocycles. The van der Waals surface area contributed by atoms with Crippen LogP contribution in [-0.2, 0) is 61.9 Å². The molecule has 6 rings (SSSR count). The summed E-state index contributed by atoms with van der Waals surface area (Å²) >= 11 is 6.07. The molecule has 0 atom stereocenters. The van der Waals surface area contributed by atoms with Crippen LogP contribution in [0.5, 0.6) is 11.5 Å². The number of nitrogens with two attached hydrogens (primary N) is 2. The number of nitrogens with one attached hydrogen (secondary N) is 2. The molecule has 0 aliphatic rings. The summed E-state index contributed by atoms with van der Waals surface area (Å²) in [6.07, 6.45) is 0.152. The molecule has 0 bridgehead atoms. The van der Waals surface area contributed by atoms with Crippen LogP contribution in [0.25, 0.3) is 0 Å². The molecule has 14 nitrogen and oxygen atoms in total. The highest BCUT2D eigenvalue weighted by Gasteiger charge is 2.30. The van der Waals surface area contributed by atoms with E-state index in [0.717, 1.165) is 23.8 Å². The van der Waals surface area contributed by atoms with E-state index in [1.807, 2.05) is 0 Å². The van der Waals surface area contributed by atoms with Crippen LogP contribution in [-0.4, -0.2) is 38.6 Å². The number of halogens is 4. The summed E-state index contributed by atoms with van der Waals surface area (Å²) in [5.41, 5.74) is 2.01. The lowest BCUT2D eigenvalue weighted by Crippen LogP contribution is -2.17. The van der Waals surface area contributed by atoms with Crippen molar-refractivity contribution in [1.29, 1.82) is 0 Å². The smallest absolute Gasteiger partial charge is 0.416 e. The fourth-order valence-corrected chi connectivity index (χ4v) is 6.95. The molecule has 0 spiro atoms. The second-order valence-electron chi connectivity index (χ2n) is 12.9. The first-order valence-electron chi connectivity index (χ1n) is 17.7. The van der Waals surface area contributed by atoms with E-state index < -0.39 is 37.7 Å². The van der Waals surface area contributed by atoms with Crippen LogP contribution in [0.1, 0.15) is 27.9 Å². The van der Waals surface area contributed by atoms with Crippen LogP contribution in [0.4, 0.5) is 24.5 Å². The summed E-state index contributed by atoms with van der Waals surface area (Å²) < 4.78 is 97.0. The first-order chi connectivity index (χ1) is 28.8. The molecule has 2 amide bonds. The Kier molecular flexibility index (Phi) is 15.2. The average molecular weight is 897 g/mol. The number of pyridine rings is 2. The van der Waals surface area contributed by atoms with Crippen molar-refractivity contribution in [3.8, 4) is 11.5 Å². The van der Waals surface area contributed by atoms with Crippen LogP contribution in [0.15, 0.2) is 144 Å². The first kappa shape index (κ1) is 45.7. The molecule has 61 heavy (non-hydrogen) atoms. The Morgan fingerprint density at radius 2 is 1.18 bits per heavy atom. The van der Waals surface area contributed by atoms with Gasteiger partial charge in [-0.15, -0.1) is 0 Å². The van der Waals surface area contributed by atoms with Gasteiger partial charge in [-0.1, -0.05) is 48.0 Å². The van der Waals surface area contributed by atoms with Gasteiger partial charge in [0.15, 0.2) is 0 Å². The fourth-order valence-electron chi connectivity index (χ4n) is 5.35. The minimum absolute atomic E-state index is 0.00296. The summed E-state index contributed by atoms with van der Waals surface area (Å²) in [6, 6.07) is 28.0. The van der Waals surface area contributed by atoms with Crippen LogP contribution in [0, 0.1) is 0 Å². The van der Waals surface area contributed by atoms with Gasteiger partial charge < -0.3 is 20.1 Å². The number of hydrogen-bond donors (Lipinski definition) is 4. The highest BCUT2D eigenvalue weighted by molar-refractivity contribution is 7.89. The minimum Gasteiger partial charge on any atom is -0.487 e. The molecule has 2 aromatic heterocycles. The van der Waals surface area contributed by atoms with Crippen molar-refractivity contribution in [2.75, 3.05) is 10.6 Å². The number of carbonyl (C=O) groups is 2. The zero-order chi connectivity index (χ0) is 44.2. The van der Waals surface area contributed by atoms with E-state index in [9.17, 15) is 39.6 Å². The molecule has 0 radical (unpaired) electrons. The lowest BCUT2D eigenvalue weighted by Gasteiger charge is -2.13. The molecule has 0 aliphatic heterocycles. The number of benzene rings is 4. The number of amides is 2. The van der Waals surface area contributed by atoms with E-state index in [1.54, 1.807) is 79.3 Å². The second kappa shape index (κ2) is 20.3. The Labute approximate surface area is 353 Å². The number of carbonyl (C=O) groups excluding carboxylic acids is 2. The molecule has 0 saturated carbocycles. The molecule has 2 heterocycles. The summed E-state index contributed by atoms with van der Waals surface area (Å²) in [7, 11) is -8.25. The predicted molar refractivity (Wildman–Crippen MR) is 220 cm³/mol. The average Bonchev–Trinajstić information content (AvgIpc) is 3.21. The van der Waals surface area contributed by atoms with Crippen molar-refractivity contribution in [2.45, 2.75) is 42.0 Å². The molecule has 4 aromatic carbocycles. The van der Waals surface area contributed by atoms with E-state index in [0.29, 0.717) is 21.8 Å². The number of ether oxygens (including phenoxy) is 2. The second-order valence-corrected chi connectivity index (χ2v) is 16.4. The maximum Gasteiger partial charge on any atom is 0.416 e. The SMILES string of the molecule is NS(=O)(=O)c1cc(NC(=O)Cc2ccc(C(F)(F)F)cc2)ccc1OCc1ccccn1.NS(=O)(=O)c1cc(NC(=O)Cc2ccccc2Cl)ccc1OCc1ccncc1. The third kappa shape index (κ3) is 14.1. The molecule has 6 aromatic rings. The van der Waals surface area contributed by atoms with Crippen LogP contribution < -0.4 is 30.4 Å². The Bertz CT molecular complexity index is 2700. The van der Waals surface area contributed by atoms with Gasteiger partial charge in [-0.05, 0) is 95.6 Å². The van der Waals surface area contributed by atoms with Gasteiger partial charge >= 0.3 is 6.18 Å². The highest BCUT2D eigenvalue weighted by Crippen LogP contribution is 2.31. The first-order valence-corrected chi connectivity index (χ1v) is 21.2. The third-order valence-electron chi connectivity index (χ3n) is 8.27. The topological polar surface area (TPSA) is 223 Å². The number of nitrogens with zero attached hydrogens (tertiary/aromatic N) is 2. The monoisotopic (exact) mass is 896 g/mol. The minimum atomic E-state index is -4.47. The lowest BCUT2D eigenvalue weighted by molar-refractivity contribution is -0.137. The zero-order valence-corrected chi connectivity index (χ0v) is 34.1. The number of rotatable bonds is 14. The van der Waals surface area contributed by atoms with E-state index in [2.05, 4.69) is 20.6 Å². The van der Waals surface area contributed by atoms with E-state index >= 15 is 0 Å². The number of aromatic nitrogens is 2. The molecule has 20 heteroatoms. The Morgan fingerprint density at radius 3 is 1.70 bits per heavy atom. The van der Waals surface area contributed by atoms with Crippen molar-refractivity contribution in [1.82, 2.24) is 9.97 Å². The van der Waals surface area contributed by atoms with Gasteiger partial charge in [-0.3, -0.25) is 19.6 Å². The highest BCUT2D eigenvalue weighted by atomic mass is 35.5. The van der Waals surface area contributed by atoms with E-state index in [-0.39, 0.29) is 64.6 Å². The number of alkyl halides is 3. The van der Waals surface area contributed by atoms with Gasteiger partial charge in [0, 0.05) is 35.0 Å². The summed E-state index contributed by atoms with van der Waals surface area (Å²) in [4.78, 5) is 32.0. The lowest BCUT2D eigenvalue weighted by atomic mass is 10.1. The summed E-state index contributed by atoms with van der Waals surface area (Å²) in [5.74, 6) is -0.816. The largest absolute Gasteiger partial charge is 0.487 e. The van der Waals surface area contributed by atoms with Gasteiger partial charge in [0.1, 0.15) is 34.5 Å². The summed E-state index contributed by atoms with van der Waals surface area (Å²) in [6.45, 7) is 0.145. The Balaban J connectivity index is 0.000000232.